The van der Waals surface area contributed by atoms with Gasteiger partial charge in [-0.25, -0.2) is 12.1 Å². The summed E-state index contributed by atoms with van der Waals surface area (Å²) in [5, 5.41) is 0. The summed E-state index contributed by atoms with van der Waals surface area (Å²) in [4.78, 5) is 0. The molecule has 0 saturated heterocycles. The van der Waals surface area contributed by atoms with E-state index in [4.69, 9.17) is 0 Å². The van der Waals surface area contributed by atoms with Crippen LogP contribution >= 0.6 is 0 Å². The van der Waals surface area contributed by atoms with E-state index in [0.29, 0.717) is 10.8 Å². The largest absolute Gasteiger partial charge is 4.00 e. The van der Waals surface area contributed by atoms with E-state index in [1.165, 1.54) is 33.4 Å². The zero-order valence-corrected chi connectivity index (χ0v) is 25.3. The van der Waals surface area contributed by atoms with Crippen molar-refractivity contribution >= 4 is 9.52 Å². The molecule has 0 aliphatic heterocycles. The summed E-state index contributed by atoms with van der Waals surface area (Å²) in [5.41, 5.74) is 9.16. The van der Waals surface area contributed by atoms with Crippen LogP contribution in [0.3, 0.4) is 0 Å². The molecule has 0 aromatic heterocycles. The molecule has 0 heterocycles. The Bertz CT molecular complexity index is 545. The molecule has 0 amide bonds. The van der Waals surface area contributed by atoms with Crippen LogP contribution in [0.2, 0.25) is 13.1 Å². The first-order valence-corrected chi connectivity index (χ1v) is 11.8. The van der Waals surface area contributed by atoms with Crippen molar-refractivity contribution in [1.29, 1.82) is 0 Å². The van der Waals surface area contributed by atoms with E-state index in [1.54, 1.807) is 0 Å². The Kier molecular flexibility index (Phi) is 19.5. The SMILES string of the molecule is C[SiH]C.Cc1cc(C(C)(C)C)[cH-]c1C.Cc1cc(C(C)(C)C)[cH-]c1C.[Cl-].[Cl-].[Zr+4]. The third-order valence-electron chi connectivity index (χ3n) is 4.46. The molecular formula is C24H41Cl2SiZr. The molecule has 1 radical (unpaired) electrons. The molecule has 0 aliphatic rings. The van der Waals surface area contributed by atoms with Gasteiger partial charge in [-0.05, 0) is 10.8 Å². The molecule has 0 unspecified atom stereocenters. The fourth-order valence-electron chi connectivity index (χ4n) is 2.34. The molecular weight excluding hydrogens is 478 g/mol. The third-order valence-corrected chi connectivity index (χ3v) is 4.46. The molecule has 0 spiro atoms. The van der Waals surface area contributed by atoms with Gasteiger partial charge in [0.15, 0.2) is 0 Å². The van der Waals surface area contributed by atoms with Gasteiger partial charge in [0.05, 0.1) is 0 Å². The molecule has 0 nitrogen and oxygen atoms in total. The van der Waals surface area contributed by atoms with Gasteiger partial charge in [-0.15, -0.1) is 0 Å². The van der Waals surface area contributed by atoms with Crippen molar-refractivity contribution in [2.45, 2.75) is 93.2 Å². The van der Waals surface area contributed by atoms with Crippen molar-refractivity contribution in [1.82, 2.24) is 0 Å². The second kappa shape index (κ2) is 15.2. The quantitative estimate of drug-likeness (QED) is 0.362. The first kappa shape index (κ1) is 35.8. The number of rotatable bonds is 0. The Balaban J connectivity index is -0.000000165. The summed E-state index contributed by atoms with van der Waals surface area (Å²) in [7, 11) is 0.750. The van der Waals surface area contributed by atoms with Gasteiger partial charge >= 0.3 is 26.2 Å². The zero-order chi connectivity index (χ0) is 20.0. The van der Waals surface area contributed by atoms with Crippen molar-refractivity contribution in [3.8, 4) is 0 Å². The second-order valence-electron chi connectivity index (χ2n) is 9.30. The Morgan fingerprint density at radius 2 is 0.857 bits per heavy atom. The molecule has 2 rings (SSSR count). The van der Waals surface area contributed by atoms with Crippen LogP contribution in [0.1, 0.15) is 74.9 Å². The topological polar surface area (TPSA) is 0 Å². The van der Waals surface area contributed by atoms with Crippen molar-refractivity contribution in [3.63, 3.8) is 0 Å². The van der Waals surface area contributed by atoms with E-state index in [-0.39, 0.29) is 51.0 Å². The molecule has 0 fully saturated rings. The van der Waals surface area contributed by atoms with Crippen LogP contribution in [0, 0.1) is 27.7 Å². The number of hydrogen-bond donors (Lipinski definition) is 0. The minimum absolute atomic E-state index is 0. The van der Waals surface area contributed by atoms with E-state index >= 15 is 0 Å². The third kappa shape index (κ3) is 12.8. The smallest absolute Gasteiger partial charge is 1.00 e. The van der Waals surface area contributed by atoms with Gasteiger partial charge in [-0.2, -0.15) is 45.5 Å². The van der Waals surface area contributed by atoms with Crippen molar-refractivity contribution < 1.29 is 51.0 Å². The summed E-state index contributed by atoms with van der Waals surface area (Å²) in [6.45, 7) is 26.6. The van der Waals surface area contributed by atoms with Crippen LogP contribution in [0.15, 0.2) is 24.3 Å². The normalized spacial score (nSPS) is 10.1. The summed E-state index contributed by atoms with van der Waals surface area (Å²) < 4.78 is 0. The maximum Gasteiger partial charge on any atom is 4.00 e. The fraction of sp³-hybridized carbons (Fsp3) is 0.583. The Morgan fingerprint density at radius 1 is 0.643 bits per heavy atom. The van der Waals surface area contributed by atoms with Gasteiger partial charge in [0.1, 0.15) is 0 Å². The van der Waals surface area contributed by atoms with E-state index < -0.39 is 0 Å². The molecule has 4 heteroatoms. The monoisotopic (exact) mass is 517 g/mol. The zero-order valence-electron chi connectivity index (χ0n) is 20.1. The van der Waals surface area contributed by atoms with Gasteiger partial charge < -0.3 is 24.8 Å². The van der Waals surface area contributed by atoms with E-state index in [9.17, 15) is 0 Å². The average molecular weight is 520 g/mol. The number of halogens is 2. The maximum atomic E-state index is 2.29. The summed E-state index contributed by atoms with van der Waals surface area (Å²) >= 11 is 0. The van der Waals surface area contributed by atoms with Crippen molar-refractivity contribution in [2.24, 2.45) is 0 Å². The molecule has 0 aliphatic carbocycles. The van der Waals surface area contributed by atoms with Gasteiger partial charge in [-0.3, -0.25) is 0 Å². The van der Waals surface area contributed by atoms with Crippen molar-refractivity contribution in [3.05, 3.63) is 57.6 Å². The molecule has 0 saturated carbocycles. The van der Waals surface area contributed by atoms with Crippen molar-refractivity contribution in [2.75, 3.05) is 0 Å². The predicted molar refractivity (Wildman–Crippen MR) is 119 cm³/mol. The summed E-state index contributed by atoms with van der Waals surface area (Å²) in [5.74, 6) is 0. The van der Waals surface area contributed by atoms with E-state index in [2.05, 4.69) is 107 Å². The second-order valence-corrected chi connectivity index (χ2v) is 10.5. The minimum Gasteiger partial charge on any atom is -1.00 e. The van der Waals surface area contributed by atoms with Gasteiger partial charge in [0.25, 0.3) is 0 Å². The minimum atomic E-state index is 0. The van der Waals surface area contributed by atoms with Gasteiger partial charge in [0.2, 0.25) is 0 Å². The van der Waals surface area contributed by atoms with Crippen LogP contribution in [0.25, 0.3) is 0 Å². The van der Waals surface area contributed by atoms with Gasteiger partial charge in [0, 0.05) is 9.52 Å². The molecule has 0 bridgehead atoms. The fourth-order valence-corrected chi connectivity index (χ4v) is 2.34. The van der Waals surface area contributed by atoms with E-state index in [1.807, 2.05) is 0 Å². The Morgan fingerprint density at radius 3 is 0.929 bits per heavy atom. The standard InChI is InChI=1S/2C11H17.C2H7Si.2ClH.Zr/c2*1-8-6-10(7-9(8)2)11(3,4)5;1-3-2;;;/h2*6-7H,1-5H3;3H,1-2H3;2*1H;/q2*-1;;;;+4/p-2. The van der Waals surface area contributed by atoms with Crippen LogP contribution in [-0.2, 0) is 37.0 Å². The molecule has 28 heavy (non-hydrogen) atoms. The average Bonchev–Trinajstić information content (AvgIpc) is 2.95. The first-order valence-electron chi connectivity index (χ1n) is 9.46. The maximum absolute atomic E-state index is 2.29. The van der Waals surface area contributed by atoms with Crippen LogP contribution in [-0.4, -0.2) is 9.52 Å². The first-order chi connectivity index (χ1) is 11.2. The Labute approximate surface area is 210 Å². The molecule has 0 N–H and O–H groups in total. The number of aryl methyl sites for hydroxylation is 4. The van der Waals surface area contributed by atoms with Gasteiger partial charge in [-0.1, -0.05) is 82.3 Å². The molecule has 159 valence electrons. The predicted octanol–water partition coefficient (Wildman–Crippen LogP) is 1.16. The molecule has 2 aromatic carbocycles. The number of hydrogen-bond acceptors (Lipinski definition) is 0. The molecule has 2 aromatic rings. The molecule has 0 atom stereocenters. The van der Waals surface area contributed by atoms with Crippen LogP contribution < -0.4 is 24.8 Å². The van der Waals surface area contributed by atoms with Crippen LogP contribution in [0.4, 0.5) is 0 Å². The Hall–Kier alpha value is 0.380. The van der Waals surface area contributed by atoms with Crippen LogP contribution in [0.5, 0.6) is 0 Å². The summed E-state index contributed by atoms with van der Waals surface area (Å²) in [6.07, 6.45) is 0. The van der Waals surface area contributed by atoms with E-state index in [0.717, 1.165) is 9.52 Å². The summed E-state index contributed by atoms with van der Waals surface area (Å²) in [6, 6.07) is 9.15.